The SMILES string of the molecule is C=CCOc1ccc(CN[C@@H](C)C2CCCCC2)cc1. The molecule has 0 spiro atoms. The van der Waals surface area contributed by atoms with E-state index < -0.39 is 0 Å². The molecule has 2 nitrogen and oxygen atoms in total. The first-order chi connectivity index (χ1) is 9.79. The fourth-order valence-corrected chi connectivity index (χ4v) is 2.94. The Morgan fingerprint density at radius 2 is 1.95 bits per heavy atom. The molecule has 1 aromatic rings. The average molecular weight is 273 g/mol. The van der Waals surface area contributed by atoms with Gasteiger partial charge in [0.15, 0.2) is 0 Å². The predicted octanol–water partition coefficient (Wildman–Crippen LogP) is 4.31. The zero-order valence-electron chi connectivity index (χ0n) is 12.6. The molecular formula is C18H27NO. The van der Waals surface area contributed by atoms with Gasteiger partial charge in [0.2, 0.25) is 0 Å². The van der Waals surface area contributed by atoms with E-state index in [-0.39, 0.29) is 0 Å². The summed E-state index contributed by atoms with van der Waals surface area (Å²) in [6, 6.07) is 8.96. The van der Waals surface area contributed by atoms with Crippen molar-refractivity contribution in [3.05, 3.63) is 42.5 Å². The summed E-state index contributed by atoms with van der Waals surface area (Å²) in [5.74, 6) is 1.77. The van der Waals surface area contributed by atoms with Crippen molar-refractivity contribution >= 4 is 0 Å². The van der Waals surface area contributed by atoms with Crippen molar-refractivity contribution < 1.29 is 4.74 Å². The zero-order valence-corrected chi connectivity index (χ0v) is 12.6. The summed E-state index contributed by atoms with van der Waals surface area (Å²) in [6.07, 6.45) is 8.79. The molecule has 1 aliphatic carbocycles. The Morgan fingerprint density at radius 1 is 1.25 bits per heavy atom. The van der Waals surface area contributed by atoms with E-state index >= 15 is 0 Å². The molecule has 2 rings (SSSR count). The van der Waals surface area contributed by atoms with Gasteiger partial charge in [-0.25, -0.2) is 0 Å². The maximum absolute atomic E-state index is 5.49. The van der Waals surface area contributed by atoms with Gasteiger partial charge < -0.3 is 10.1 Å². The summed E-state index contributed by atoms with van der Waals surface area (Å²) in [5, 5.41) is 3.67. The minimum absolute atomic E-state index is 0.566. The Labute approximate surface area is 123 Å². The van der Waals surface area contributed by atoms with Gasteiger partial charge in [0.05, 0.1) is 0 Å². The molecule has 2 heteroatoms. The summed E-state index contributed by atoms with van der Waals surface area (Å²) >= 11 is 0. The van der Waals surface area contributed by atoms with Gasteiger partial charge in [0, 0.05) is 12.6 Å². The smallest absolute Gasteiger partial charge is 0.119 e. The maximum atomic E-state index is 5.49. The maximum Gasteiger partial charge on any atom is 0.119 e. The summed E-state index contributed by atoms with van der Waals surface area (Å²) in [7, 11) is 0. The van der Waals surface area contributed by atoms with Crippen molar-refractivity contribution in [3.63, 3.8) is 0 Å². The van der Waals surface area contributed by atoms with Crippen molar-refractivity contribution in [1.29, 1.82) is 0 Å². The van der Waals surface area contributed by atoms with Crippen LogP contribution in [0.15, 0.2) is 36.9 Å². The summed E-state index contributed by atoms with van der Waals surface area (Å²) in [5.41, 5.74) is 1.32. The Kier molecular flexibility index (Phi) is 6.13. The van der Waals surface area contributed by atoms with Gasteiger partial charge >= 0.3 is 0 Å². The van der Waals surface area contributed by atoms with Crippen LogP contribution in [0.25, 0.3) is 0 Å². The van der Waals surface area contributed by atoms with Crippen LogP contribution >= 0.6 is 0 Å². The number of benzene rings is 1. The van der Waals surface area contributed by atoms with E-state index in [1.807, 2.05) is 12.1 Å². The molecule has 0 bridgehead atoms. The number of ether oxygens (including phenoxy) is 1. The number of nitrogens with one attached hydrogen (secondary N) is 1. The van der Waals surface area contributed by atoms with Crippen molar-refractivity contribution in [2.45, 2.75) is 51.6 Å². The Bertz CT molecular complexity index is 392. The Balaban J connectivity index is 1.76. The zero-order chi connectivity index (χ0) is 14.2. The highest BCUT2D eigenvalue weighted by Gasteiger charge is 2.19. The lowest BCUT2D eigenvalue weighted by Crippen LogP contribution is -2.34. The van der Waals surface area contributed by atoms with Gasteiger partial charge in [-0.1, -0.05) is 44.1 Å². The molecule has 1 aromatic carbocycles. The van der Waals surface area contributed by atoms with Gasteiger partial charge in [-0.2, -0.15) is 0 Å². The first-order valence-corrected chi connectivity index (χ1v) is 7.85. The van der Waals surface area contributed by atoms with Crippen LogP contribution in [0.4, 0.5) is 0 Å². The molecule has 1 aliphatic rings. The third kappa shape index (κ3) is 4.68. The second-order valence-electron chi connectivity index (χ2n) is 5.81. The average Bonchev–Trinajstić information content (AvgIpc) is 2.52. The highest BCUT2D eigenvalue weighted by Crippen LogP contribution is 2.26. The second-order valence-corrected chi connectivity index (χ2v) is 5.81. The van der Waals surface area contributed by atoms with Crippen molar-refractivity contribution in [1.82, 2.24) is 5.32 Å². The van der Waals surface area contributed by atoms with E-state index in [1.165, 1.54) is 37.7 Å². The minimum atomic E-state index is 0.566. The Hall–Kier alpha value is -1.28. The fourth-order valence-electron chi connectivity index (χ4n) is 2.94. The van der Waals surface area contributed by atoms with E-state index in [9.17, 15) is 0 Å². The summed E-state index contributed by atoms with van der Waals surface area (Å²) < 4.78 is 5.49. The molecule has 0 radical (unpaired) electrons. The van der Waals surface area contributed by atoms with Crippen LogP contribution in [-0.2, 0) is 6.54 Å². The van der Waals surface area contributed by atoms with Crippen molar-refractivity contribution in [2.24, 2.45) is 5.92 Å². The van der Waals surface area contributed by atoms with E-state index in [1.54, 1.807) is 6.08 Å². The van der Waals surface area contributed by atoms with Crippen LogP contribution in [0.2, 0.25) is 0 Å². The van der Waals surface area contributed by atoms with Gasteiger partial charge in [-0.3, -0.25) is 0 Å². The van der Waals surface area contributed by atoms with Crippen LogP contribution in [0.5, 0.6) is 5.75 Å². The van der Waals surface area contributed by atoms with Crippen LogP contribution in [0.3, 0.4) is 0 Å². The molecule has 0 amide bonds. The van der Waals surface area contributed by atoms with E-state index in [0.717, 1.165) is 18.2 Å². The summed E-state index contributed by atoms with van der Waals surface area (Å²) in [4.78, 5) is 0. The van der Waals surface area contributed by atoms with Gasteiger partial charge in [-0.15, -0.1) is 0 Å². The lowest BCUT2D eigenvalue weighted by molar-refractivity contribution is 0.280. The standard InChI is InChI=1S/C18H27NO/c1-3-13-20-18-11-9-16(10-12-18)14-19-15(2)17-7-5-4-6-8-17/h3,9-12,15,17,19H,1,4-8,13-14H2,2H3/t15-/m0/s1. The van der Waals surface area contributed by atoms with Crippen LogP contribution in [0.1, 0.15) is 44.6 Å². The molecule has 0 unspecified atom stereocenters. The first-order valence-electron chi connectivity index (χ1n) is 7.85. The lowest BCUT2D eigenvalue weighted by atomic mass is 9.84. The van der Waals surface area contributed by atoms with Gasteiger partial charge in [0.25, 0.3) is 0 Å². The normalized spacial score (nSPS) is 17.6. The number of hydrogen-bond acceptors (Lipinski definition) is 2. The molecular weight excluding hydrogens is 246 g/mol. The van der Waals surface area contributed by atoms with Crippen LogP contribution < -0.4 is 10.1 Å². The third-order valence-corrected chi connectivity index (χ3v) is 4.28. The Morgan fingerprint density at radius 3 is 2.60 bits per heavy atom. The van der Waals surface area contributed by atoms with E-state index in [4.69, 9.17) is 4.74 Å². The van der Waals surface area contributed by atoms with Crippen molar-refractivity contribution in [3.8, 4) is 5.75 Å². The largest absolute Gasteiger partial charge is 0.490 e. The number of hydrogen-bond donors (Lipinski definition) is 1. The summed E-state index contributed by atoms with van der Waals surface area (Å²) in [6.45, 7) is 7.49. The number of rotatable bonds is 7. The topological polar surface area (TPSA) is 21.3 Å². The second kappa shape index (κ2) is 8.11. The molecule has 1 fully saturated rings. The highest BCUT2D eigenvalue weighted by molar-refractivity contribution is 5.27. The monoisotopic (exact) mass is 273 g/mol. The minimum Gasteiger partial charge on any atom is -0.490 e. The molecule has 1 saturated carbocycles. The van der Waals surface area contributed by atoms with Gasteiger partial charge in [0.1, 0.15) is 12.4 Å². The predicted molar refractivity (Wildman–Crippen MR) is 85.0 cm³/mol. The molecule has 0 aromatic heterocycles. The lowest BCUT2D eigenvalue weighted by Gasteiger charge is -2.28. The molecule has 0 saturated heterocycles. The molecule has 0 aliphatic heterocycles. The van der Waals surface area contributed by atoms with E-state index in [0.29, 0.717) is 12.6 Å². The molecule has 0 heterocycles. The van der Waals surface area contributed by atoms with Crippen LogP contribution in [-0.4, -0.2) is 12.6 Å². The third-order valence-electron chi connectivity index (χ3n) is 4.28. The van der Waals surface area contributed by atoms with Crippen molar-refractivity contribution in [2.75, 3.05) is 6.61 Å². The first kappa shape index (κ1) is 15.1. The van der Waals surface area contributed by atoms with Gasteiger partial charge in [-0.05, 0) is 43.4 Å². The highest BCUT2D eigenvalue weighted by atomic mass is 16.5. The molecule has 20 heavy (non-hydrogen) atoms. The molecule has 110 valence electrons. The quantitative estimate of drug-likeness (QED) is 0.747. The van der Waals surface area contributed by atoms with E-state index in [2.05, 4.69) is 31.0 Å². The van der Waals surface area contributed by atoms with Crippen LogP contribution in [0, 0.1) is 5.92 Å². The molecule has 1 N–H and O–H groups in total. The fraction of sp³-hybridized carbons (Fsp3) is 0.556. The molecule has 1 atom stereocenters.